The van der Waals surface area contributed by atoms with Crippen molar-refractivity contribution in [3.63, 3.8) is 0 Å². The Morgan fingerprint density at radius 3 is 2.62 bits per heavy atom. The van der Waals surface area contributed by atoms with E-state index in [1.807, 2.05) is 22.8 Å². The molecule has 6 heteroatoms. The predicted molar refractivity (Wildman–Crippen MR) is 85.4 cm³/mol. The van der Waals surface area contributed by atoms with Gasteiger partial charge in [-0.15, -0.1) is 11.6 Å². The van der Waals surface area contributed by atoms with Crippen molar-refractivity contribution in [2.75, 3.05) is 0 Å². The summed E-state index contributed by atoms with van der Waals surface area (Å²) in [5.74, 6) is 0.868. The lowest BCUT2D eigenvalue weighted by Crippen LogP contribution is -1.99. The number of halogens is 3. The van der Waals surface area contributed by atoms with E-state index >= 15 is 0 Å². The molecule has 0 amide bonds. The maximum atomic E-state index is 9.19. The topological polar surface area (TPSA) is 41.6 Å². The molecule has 0 atom stereocenters. The average molecular weight is 337 g/mol. The van der Waals surface area contributed by atoms with Crippen LogP contribution < -0.4 is 0 Å². The van der Waals surface area contributed by atoms with E-state index in [1.165, 1.54) is 0 Å². The molecule has 0 bridgehead atoms. The van der Waals surface area contributed by atoms with Crippen LogP contribution in [-0.2, 0) is 5.88 Å². The Balaban J connectivity index is 2.35. The van der Waals surface area contributed by atoms with E-state index < -0.39 is 0 Å². The summed E-state index contributed by atoms with van der Waals surface area (Å²) in [4.78, 5) is 4.46. The number of hydrogen-bond acceptors (Lipinski definition) is 2. The SMILES string of the molecule is N#Cc1cccc2c1nc(CCl)n2-c1ccc(Cl)c(Cl)c1. The number of imidazole rings is 1. The van der Waals surface area contributed by atoms with Gasteiger partial charge in [-0.3, -0.25) is 4.57 Å². The van der Waals surface area contributed by atoms with E-state index in [0.717, 1.165) is 11.2 Å². The maximum Gasteiger partial charge on any atom is 0.129 e. The van der Waals surface area contributed by atoms with Gasteiger partial charge in [-0.05, 0) is 30.3 Å². The fourth-order valence-electron chi connectivity index (χ4n) is 2.24. The van der Waals surface area contributed by atoms with Crippen LogP contribution >= 0.6 is 34.8 Å². The summed E-state index contributed by atoms with van der Waals surface area (Å²) in [5, 5.41) is 10.1. The fraction of sp³-hybridized carbons (Fsp3) is 0.0667. The first-order valence-corrected chi connectivity index (χ1v) is 7.36. The van der Waals surface area contributed by atoms with Crippen LogP contribution in [0.4, 0.5) is 0 Å². The number of alkyl halides is 1. The molecule has 21 heavy (non-hydrogen) atoms. The minimum atomic E-state index is 0.222. The van der Waals surface area contributed by atoms with Gasteiger partial charge >= 0.3 is 0 Å². The molecule has 0 saturated heterocycles. The zero-order chi connectivity index (χ0) is 15.0. The van der Waals surface area contributed by atoms with Crippen molar-refractivity contribution in [2.24, 2.45) is 0 Å². The van der Waals surface area contributed by atoms with E-state index in [-0.39, 0.29) is 5.88 Å². The Labute approximate surface area is 136 Å². The third-order valence-electron chi connectivity index (χ3n) is 3.16. The monoisotopic (exact) mass is 335 g/mol. The zero-order valence-corrected chi connectivity index (χ0v) is 12.9. The van der Waals surface area contributed by atoms with Crippen molar-refractivity contribution in [1.29, 1.82) is 5.26 Å². The number of nitriles is 1. The molecular formula is C15H8Cl3N3. The Hall–Kier alpha value is -1.73. The van der Waals surface area contributed by atoms with Gasteiger partial charge in [0.15, 0.2) is 0 Å². The van der Waals surface area contributed by atoms with Crippen molar-refractivity contribution >= 4 is 45.8 Å². The second kappa shape index (κ2) is 5.57. The molecule has 104 valence electrons. The van der Waals surface area contributed by atoms with E-state index in [2.05, 4.69) is 11.1 Å². The number of benzene rings is 2. The first kappa shape index (κ1) is 14.2. The van der Waals surface area contributed by atoms with Crippen LogP contribution in [0.2, 0.25) is 10.0 Å². The van der Waals surface area contributed by atoms with Crippen molar-refractivity contribution < 1.29 is 0 Å². The number of rotatable bonds is 2. The van der Waals surface area contributed by atoms with Crippen LogP contribution in [0, 0.1) is 11.3 Å². The van der Waals surface area contributed by atoms with Crippen molar-refractivity contribution in [2.45, 2.75) is 5.88 Å². The number of hydrogen-bond donors (Lipinski definition) is 0. The molecule has 0 radical (unpaired) electrons. The van der Waals surface area contributed by atoms with Gasteiger partial charge in [0.1, 0.15) is 17.4 Å². The third-order valence-corrected chi connectivity index (χ3v) is 4.13. The standard InChI is InChI=1S/C15H8Cl3N3/c16-7-14-20-15-9(8-19)2-1-3-13(15)21(14)10-4-5-11(17)12(18)6-10/h1-6H,7H2. The summed E-state index contributed by atoms with van der Waals surface area (Å²) in [6, 6.07) is 12.9. The largest absolute Gasteiger partial charge is 0.295 e. The van der Waals surface area contributed by atoms with Gasteiger partial charge in [0, 0.05) is 5.69 Å². The van der Waals surface area contributed by atoms with Crippen LogP contribution in [0.25, 0.3) is 16.7 Å². The highest BCUT2D eigenvalue weighted by Crippen LogP contribution is 2.29. The van der Waals surface area contributed by atoms with Gasteiger partial charge in [-0.25, -0.2) is 4.98 Å². The molecule has 0 aliphatic carbocycles. The molecule has 0 spiro atoms. The van der Waals surface area contributed by atoms with Crippen LogP contribution in [0.15, 0.2) is 36.4 Å². The Kier molecular flexibility index (Phi) is 3.77. The average Bonchev–Trinajstić information content (AvgIpc) is 2.88. The summed E-state index contributed by atoms with van der Waals surface area (Å²) in [6.07, 6.45) is 0. The molecule has 0 aliphatic rings. The van der Waals surface area contributed by atoms with Gasteiger partial charge in [0.05, 0.1) is 27.0 Å². The minimum absolute atomic E-state index is 0.222. The van der Waals surface area contributed by atoms with Crippen LogP contribution in [-0.4, -0.2) is 9.55 Å². The zero-order valence-electron chi connectivity index (χ0n) is 10.6. The number of aromatic nitrogens is 2. The van der Waals surface area contributed by atoms with E-state index in [4.69, 9.17) is 34.8 Å². The summed E-state index contributed by atoms with van der Waals surface area (Å²) in [7, 11) is 0. The molecule has 3 nitrogen and oxygen atoms in total. The molecule has 1 heterocycles. The molecule has 0 saturated carbocycles. The first-order chi connectivity index (χ1) is 10.2. The highest BCUT2D eigenvalue weighted by molar-refractivity contribution is 6.42. The third kappa shape index (κ3) is 2.36. The molecule has 0 fully saturated rings. The van der Waals surface area contributed by atoms with Crippen LogP contribution in [0.5, 0.6) is 0 Å². The highest BCUT2D eigenvalue weighted by atomic mass is 35.5. The molecule has 0 aliphatic heterocycles. The summed E-state index contributed by atoms with van der Waals surface area (Å²) in [5.41, 5.74) is 2.75. The van der Waals surface area contributed by atoms with Gasteiger partial charge < -0.3 is 0 Å². The maximum absolute atomic E-state index is 9.19. The van der Waals surface area contributed by atoms with Crippen LogP contribution in [0.1, 0.15) is 11.4 Å². The lowest BCUT2D eigenvalue weighted by molar-refractivity contribution is 0.982. The van der Waals surface area contributed by atoms with Crippen molar-refractivity contribution in [3.8, 4) is 11.8 Å². The van der Waals surface area contributed by atoms with Gasteiger partial charge in [-0.2, -0.15) is 5.26 Å². The number of nitrogens with zero attached hydrogens (tertiary/aromatic N) is 3. The predicted octanol–water partition coefficient (Wildman–Crippen LogP) is 4.94. The Morgan fingerprint density at radius 1 is 1.14 bits per heavy atom. The summed E-state index contributed by atoms with van der Waals surface area (Å²) >= 11 is 18.0. The molecular weight excluding hydrogens is 329 g/mol. The van der Waals surface area contributed by atoms with Crippen molar-refractivity contribution in [3.05, 3.63) is 57.8 Å². The van der Waals surface area contributed by atoms with E-state index in [0.29, 0.717) is 26.9 Å². The Bertz CT molecular complexity index is 878. The highest BCUT2D eigenvalue weighted by Gasteiger charge is 2.15. The molecule has 3 rings (SSSR count). The van der Waals surface area contributed by atoms with Crippen LogP contribution in [0.3, 0.4) is 0 Å². The second-order valence-electron chi connectivity index (χ2n) is 4.38. The molecule has 2 aromatic carbocycles. The minimum Gasteiger partial charge on any atom is -0.295 e. The normalized spacial score (nSPS) is 10.8. The van der Waals surface area contributed by atoms with E-state index in [1.54, 1.807) is 18.2 Å². The second-order valence-corrected chi connectivity index (χ2v) is 5.46. The number of fused-ring (bicyclic) bond motifs is 1. The smallest absolute Gasteiger partial charge is 0.129 e. The van der Waals surface area contributed by atoms with E-state index in [9.17, 15) is 5.26 Å². The Morgan fingerprint density at radius 2 is 1.95 bits per heavy atom. The summed E-state index contributed by atoms with van der Waals surface area (Å²) in [6.45, 7) is 0. The van der Waals surface area contributed by atoms with Gasteiger partial charge in [0.25, 0.3) is 0 Å². The lowest BCUT2D eigenvalue weighted by atomic mass is 10.2. The van der Waals surface area contributed by atoms with Gasteiger partial charge in [0.2, 0.25) is 0 Å². The quantitative estimate of drug-likeness (QED) is 0.622. The number of para-hydroxylation sites is 1. The molecule has 0 N–H and O–H groups in total. The fourth-order valence-corrected chi connectivity index (χ4v) is 2.71. The molecule has 0 unspecified atom stereocenters. The van der Waals surface area contributed by atoms with Gasteiger partial charge in [-0.1, -0.05) is 29.3 Å². The first-order valence-electron chi connectivity index (χ1n) is 6.07. The molecule has 3 aromatic rings. The van der Waals surface area contributed by atoms with Crippen molar-refractivity contribution in [1.82, 2.24) is 9.55 Å². The lowest BCUT2D eigenvalue weighted by Gasteiger charge is -2.09. The molecule has 1 aromatic heterocycles. The summed E-state index contributed by atoms with van der Waals surface area (Å²) < 4.78 is 1.88.